The summed E-state index contributed by atoms with van der Waals surface area (Å²) in [5, 5.41) is 6.82. The standard InChI is InChI=1S/C17H26N4/c1-3-18-17(20-15-8-9-15)19-12-13(2)21-11-10-14-6-4-5-7-16(14)21/h4-7,13,15H,3,8-12H2,1-2H3,(H2,18,19,20). The van der Waals surface area contributed by atoms with Crippen molar-refractivity contribution in [2.24, 2.45) is 4.99 Å². The second-order valence-corrected chi connectivity index (χ2v) is 6.06. The first-order valence-corrected chi connectivity index (χ1v) is 8.17. The van der Waals surface area contributed by atoms with Gasteiger partial charge in [-0.3, -0.25) is 4.99 Å². The highest BCUT2D eigenvalue weighted by Crippen LogP contribution is 2.29. The average molecular weight is 286 g/mol. The number of benzene rings is 1. The molecule has 2 aliphatic rings. The summed E-state index contributed by atoms with van der Waals surface area (Å²) in [7, 11) is 0. The molecule has 0 radical (unpaired) electrons. The molecule has 114 valence electrons. The minimum Gasteiger partial charge on any atom is -0.366 e. The molecule has 1 heterocycles. The van der Waals surface area contributed by atoms with Crippen LogP contribution in [0, 0.1) is 0 Å². The summed E-state index contributed by atoms with van der Waals surface area (Å²) in [5.74, 6) is 0.972. The highest BCUT2D eigenvalue weighted by atomic mass is 15.2. The number of hydrogen-bond acceptors (Lipinski definition) is 2. The minimum absolute atomic E-state index is 0.434. The molecule has 21 heavy (non-hydrogen) atoms. The summed E-state index contributed by atoms with van der Waals surface area (Å²) >= 11 is 0. The molecule has 1 fully saturated rings. The first-order valence-electron chi connectivity index (χ1n) is 8.17. The van der Waals surface area contributed by atoms with Crippen molar-refractivity contribution >= 4 is 11.6 Å². The monoisotopic (exact) mass is 286 g/mol. The van der Waals surface area contributed by atoms with Crippen LogP contribution in [-0.4, -0.2) is 37.7 Å². The van der Waals surface area contributed by atoms with E-state index in [2.05, 4.69) is 53.6 Å². The van der Waals surface area contributed by atoms with Gasteiger partial charge in [-0.05, 0) is 44.7 Å². The fourth-order valence-electron chi connectivity index (χ4n) is 2.88. The number of rotatable bonds is 5. The first-order chi connectivity index (χ1) is 10.3. The van der Waals surface area contributed by atoms with Gasteiger partial charge in [0, 0.05) is 30.9 Å². The number of fused-ring (bicyclic) bond motifs is 1. The van der Waals surface area contributed by atoms with Crippen LogP contribution in [0.5, 0.6) is 0 Å². The van der Waals surface area contributed by atoms with Gasteiger partial charge in [0.1, 0.15) is 0 Å². The maximum Gasteiger partial charge on any atom is 0.191 e. The van der Waals surface area contributed by atoms with Crippen molar-refractivity contribution in [3.05, 3.63) is 29.8 Å². The Morgan fingerprint density at radius 2 is 2.19 bits per heavy atom. The maximum atomic E-state index is 4.76. The Hall–Kier alpha value is -1.71. The van der Waals surface area contributed by atoms with Crippen LogP contribution in [0.3, 0.4) is 0 Å². The van der Waals surface area contributed by atoms with Crippen LogP contribution < -0.4 is 15.5 Å². The zero-order valence-electron chi connectivity index (χ0n) is 13.1. The molecular formula is C17H26N4. The quantitative estimate of drug-likeness (QED) is 0.643. The van der Waals surface area contributed by atoms with Crippen molar-refractivity contribution in [3.63, 3.8) is 0 Å². The van der Waals surface area contributed by atoms with Crippen molar-refractivity contribution in [2.75, 3.05) is 24.5 Å². The molecule has 0 spiro atoms. The van der Waals surface area contributed by atoms with E-state index in [9.17, 15) is 0 Å². The number of nitrogens with one attached hydrogen (secondary N) is 2. The van der Waals surface area contributed by atoms with Gasteiger partial charge in [0.2, 0.25) is 0 Å². The number of para-hydroxylation sites is 1. The molecule has 4 heteroatoms. The van der Waals surface area contributed by atoms with Crippen LogP contribution in [0.1, 0.15) is 32.3 Å². The Labute approximate surface area is 127 Å². The summed E-state index contributed by atoms with van der Waals surface area (Å²) < 4.78 is 0. The maximum absolute atomic E-state index is 4.76. The van der Waals surface area contributed by atoms with E-state index >= 15 is 0 Å². The van der Waals surface area contributed by atoms with Gasteiger partial charge >= 0.3 is 0 Å². The predicted molar refractivity (Wildman–Crippen MR) is 89.1 cm³/mol. The largest absolute Gasteiger partial charge is 0.366 e. The number of nitrogens with zero attached hydrogens (tertiary/aromatic N) is 2. The topological polar surface area (TPSA) is 39.7 Å². The molecule has 1 unspecified atom stereocenters. The molecule has 1 aliphatic carbocycles. The first kappa shape index (κ1) is 14.2. The summed E-state index contributed by atoms with van der Waals surface area (Å²) in [6.07, 6.45) is 3.71. The molecule has 2 N–H and O–H groups in total. The van der Waals surface area contributed by atoms with Crippen LogP contribution in [0.15, 0.2) is 29.3 Å². The molecule has 0 aromatic heterocycles. The lowest BCUT2D eigenvalue weighted by molar-refractivity contribution is 0.657. The molecule has 0 bridgehead atoms. The number of aliphatic imine (C=N–C) groups is 1. The lowest BCUT2D eigenvalue weighted by Gasteiger charge is -2.26. The Bertz CT molecular complexity index is 507. The van der Waals surface area contributed by atoms with Gasteiger partial charge in [0.25, 0.3) is 0 Å². The molecule has 1 aromatic rings. The van der Waals surface area contributed by atoms with Crippen LogP contribution in [0.4, 0.5) is 5.69 Å². The zero-order chi connectivity index (χ0) is 14.7. The molecule has 1 atom stereocenters. The summed E-state index contributed by atoms with van der Waals surface area (Å²) in [6, 6.07) is 9.81. The molecule has 4 nitrogen and oxygen atoms in total. The van der Waals surface area contributed by atoms with Crippen LogP contribution in [0.2, 0.25) is 0 Å². The molecule has 1 aromatic carbocycles. The van der Waals surface area contributed by atoms with Gasteiger partial charge in [0.15, 0.2) is 5.96 Å². The molecule has 0 saturated heterocycles. The van der Waals surface area contributed by atoms with E-state index in [-0.39, 0.29) is 0 Å². The third-order valence-corrected chi connectivity index (χ3v) is 4.23. The average Bonchev–Trinajstić information content (AvgIpc) is 3.20. The molecule has 3 rings (SSSR count). The molecular weight excluding hydrogens is 260 g/mol. The van der Waals surface area contributed by atoms with Crippen LogP contribution in [0.25, 0.3) is 0 Å². The van der Waals surface area contributed by atoms with E-state index in [0.717, 1.165) is 32.0 Å². The van der Waals surface area contributed by atoms with E-state index in [4.69, 9.17) is 4.99 Å². The second kappa shape index (κ2) is 6.37. The van der Waals surface area contributed by atoms with Crippen molar-refractivity contribution in [1.82, 2.24) is 10.6 Å². The second-order valence-electron chi connectivity index (χ2n) is 6.06. The lowest BCUT2D eigenvalue weighted by Crippen LogP contribution is -2.40. The highest BCUT2D eigenvalue weighted by Gasteiger charge is 2.24. The molecule has 1 saturated carbocycles. The third kappa shape index (κ3) is 3.49. The zero-order valence-corrected chi connectivity index (χ0v) is 13.1. The van der Waals surface area contributed by atoms with E-state index in [1.165, 1.54) is 24.1 Å². The SMILES string of the molecule is CCNC(=NCC(C)N1CCc2ccccc21)NC1CC1. The van der Waals surface area contributed by atoms with Gasteiger partial charge in [-0.2, -0.15) is 0 Å². The Balaban J connectivity index is 1.61. The number of anilines is 1. The van der Waals surface area contributed by atoms with E-state index in [1.807, 2.05) is 0 Å². The van der Waals surface area contributed by atoms with Crippen molar-refractivity contribution < 1.29 is 0 Å². The van der Waals surface area contributed by atoms with Crippen LogP contribution in [-0.2, 0) is 6.42 Å². The normalized spacial score (nSPS) is 19.3. The summed E-state index contributed by atoms with van der Waals surface area (Å²) in [6.45, 7) is 7.25. The van der Waals surface area contributed by atoms with E-state index < -0.39 is 0 Å². The minimum atomic E-state index is 0.434. The molecule has 0 amide bonds. The summed E-state index contributed by atoms with van der Waals surface area (Å²) in [5.41, 5.74) is 2.86. The van der Waals surface area contributed by atoms with Crippen molar-refractivity contribution in [1.29, 1.82) is 0 Å². The van der Waals surface area contributed by atoms with Gasteiger partial charge in [0.05, 0.1) is 6.54 Å². The lowest BCUT2D eigenvalue weighted by atomic mass is 10.2. The van der Waals surface area contributed by atoms with Gasteiger partial charge in [-0.1, -0.05) is 18.2 Å². The van der Waals surface area contributed by atoms with Crippen LogP contribution >= 0.6 is 0 Å². The summed E-state index contributed by atoms with van der Waals surface area (Å²) in [4.78, 5) is 7.25. The Morgan fingerprint density at radius 3 is 2.95 bits per heavy atom. The molecule has 1 aliphatic heterocycles. The number of hydrogen-bond donors (Lipinski definition) is 2. The third-order valence-electron chi connectivity index (χ3n) is 4.23. The Kier molecular flexibility index (Phi) is 4.32. The van der Waals surface area contributed by atoms with Gasteiger partial charge in [-0.25, -0.2) is 0 Å². The van der Waals surface area contributed by atoms with E-state index in [1.54, 1.807) is 0 Å². The smallest absolute Gasteiger partial charge is 0.191 e. The van der Waals surface area contributed by atoms with Gasteiger partial charge in [-0.15, -0.1) is 0 Å². The Morgan fingerprint density at radius 1 is 1.38 bits per heavy atom. The van der Waals surface area contributed by atoms with Gasteiger partial charge < -0.3 is 15.5 Å². The number of guanidine groups is 1. The fourth-order valence-corrected chi connectivity index (χ4v) is 2.88. The van der Waals surface area contributed by atoms with Crippen molar-refractivity contribution in [3.8, 4) is 0 Å². The van der Waals surface area contributed by atoms with Crippen molar-refractivity contribution in [2.45, 2.75) is 45.2 Å². The predicted octanol–water partition coefficient (Wildman–Crippen LogP) is 2.16. The highest BCUT2D eigenvalue weighted by molar-refractivity contribution is 5.80. The fraction of sp³-hybridized carbons (Fsp3) is 0.588. The van der Waals surface area contributed by atoms with E-state index in [0.29, 0.717) is 12.1 Å².